The van der Waals surface area contributed by atoms with Crippen LogP contribution in [0.15, 0.2) is 29.4 Å². The molecule has 0 unspecified atom stereocenters. The standard InChI is InChI=1S/C12H21N/c1-7-10(4)8-13-12(6)11(5)9(2)3/h7-9,11H,1H2,2-6H3/b10-8-,13-12?/t11-/m1/s1. The van der Waals surface area contributed by atoms with Crippen molar-refractivity contribution in [2.75, 3.05) is 0 Å². The average molecular weight is 179 g/mol. The van der Waals surface area contributed by atoms with E-state index >= 15 is 0 Å². The first-order valence-corrected chi connectivity index (χ1v) is 4.82. The summed E-state index contributed by atoms with van der Waals surface area (Å²) >= 11 is 0. The third-order valence-corrected chi connectivity index (χ3v) is 2.45. The summed E-state index contributed by atoms with van der Waals surface area (Å²) in [6.45, 7) is 14.4. The Kier molecular flexibility index (Phi) is 5.36. The minimum absolute atomic E-state index is 0.550. The Labute approximate surface area is 82.3 Å². The summed E-state index contributed by atoms with van der Waals surface area (Å²) in [7, 11) is 0. The fourth-order valence-corrected chi connectivity index (χ4v) is 0.856. The van der Waals surface area contributed by atoms with Crippen molar-refractivity contribution in [3.63, 3.8) is 0 Å². The van der Waals surface area contributed by atoms with Gasteiger partial charge < -0.3 is 0 Å². The Balaban J connectivity index is 4.41. The van der Waals surface area contributed by atoms with Gasteiger partial charge in [-0.25, -0.2) is 0 Å². The third-order valence-electron chi connectivity index (χ3n) is 2.45. The van der Waals surface area contributed by atoms with Crippen LogP contribution in [0.5, 0.6) is 0 Å². The van der Waals surface area contributed by atoms with E-state index in [1.165, 1.54) is 5.71 Å². The van der Waals surface area contributed by atoms with Crippen LogP contribution in [-0.2, 0) is 0 Å². The lowest BCUT2D eigenvalue weighted by atomic mass is 9.94. The van der Waals surface area contributed by atoms with E-state index in [9.17, 15) is 0 Å². The van der Waals surface area contributed by atoms with E-state index in [0.717, 1.165) is 5.57 Å². The van der Waals surface area contributed by atoms with Crippen LogP contribution in [0.1, 0.15) is 34.6 Å². The Bertz CT molecular complexity index is 221. The van der Waals surface area contributed by atoms with Crippen molar-refractivity contribution in [1.82, 2.24) is 0 Å². The maximum atomic E-state index is 4.40. The van der Waals surface area contributed by atoms with Gasteiger partial charge in [0.15, 0.2) is 0 Å². The van der Waals surface area contributed by atoms with Gasteiger partial charge in [-0.1, -0.05) is 33.4 Å². The van der Waals surface area contributed by atoms with Gasteiger partial charge in [0, 0.05) is 11.9 Å². The summed E-state index contributed by atoms with van der Waals surface area (Å²) in [5, 5.41) is 0. The Hall–Kier alpha value is -0.850. The molecule has 0 aromatic carbocycles. The second-order valence-electron chi connectivity index (χ2n) is 3.88. The van der Waals surface area contributed by atoms with Crippen molar-refractivity contribution < 1.29 is 0 Å². The Morgan fingerprint density at radius 2 is 1.77 bits per heavy atom. The van der Waals surface area contributed by atoms with Gasteiger partial charge >= 0.3 is 0 Å². The average Bonchev–Trinajstić information content (AvgIpc) is 2.11. The predicted octanol–water partition coefficient (Wildman–Crippen LogP) is 3.83. The highest BCUT2D eigenvalue weighted by atomic mass is 14.7. The molecule has 0 saturated carbocycles. The molecule has 0 spiro atoms. The van der Waals surface area contributed by atoms with Crippen molar-refractivity contribution in [3.8, 4) is 0 Å². The smallest absolute Gasteiger partial charge is 0.0296 e. The number of nitrogens with zero attached hydrogens (tertiary/aromatic N) is 1. The first-order valence-electron chi connectivity index (χ1n) is 4.82. The molecular formula is C12H21N. The van der Waals surface area contributed by atoms with Gasteiger partial charge in [-0.2, -0.15) is 0 Å². The van der Waals surface area contributed by atoms with Gasteiger partial charge in [-0.15, -0.1) is 0 Å². The van der Waals surface area contributed by atoms with E-state index < -0.39 is 0 Å². The molecule has 0 rings (SSSR count). The normalized spacial score (nSPS) is 16.2. The van der Waals surface area contributed by atoms with Gasteiger partial charge in [0.2, 0.25) is 0 Å². The molecule has 0 fully saturated rings. The van der Waals surface area contributed by atoms with Crippen LogP contribution in [0.25, 0.3) is 0 Å². The molecule has 74 valence electrons. The lowest BCUT2D eigenvalue weighted by Gasteiger charge is -2.14. The molecule has 0 bridgehead atoms. The predicted molar refractivity (Wildman–Crippen MR) is 61.1 cm³/mol. The van der Waals surface area contributed by atoms with Crippen LogP contribution in [0, 0.1) is 11.8 Å². The van der Waals surface area contributed by atoms with Gasteiger partial charge in [-0.05, 0) is 31.3 Å². The number of aliphatic imine (C=N–C) groups is 1. The van der Waals surface area contributed by atoms with Gasteiger partial charge in [0.1, 0.15) is 0 Å². The molecule has 0 amide bonds. The molecule has 1 atom stereocenters. The maximum absolute atomic E-state index is 4.40. The summed E-state index contributed by atoms with van der Waals surface area (Å²) in [6.07, 6.45) is 3.69. The molecule has 0 heterocycles. The van der Waals surface area contributed by atoms with E-state index in [1.54, 1.807) is 0 Å². The van der Waals surface area contributed by atoms with E-state index in [-0.39, 0.29) is 0 Å². The Morgan fingerprint density at radius 3 is 2.15 bits per heavy atom. The van der Waals surface area contributed by atoms with Crippen LogP contribution >= 0.6 is 0 Å². The molecule has 1 nitrogen and oxygen atoms in total. The molecular weight excluding hydrogens is 158 g/mol. The fraction of sp³-hybridized carbons (Fsp3) is 0.583. The van der Waals surface area contributed by atoms with Gasteiger partial charge in [0.25, 0.3) is 0 Å². The molecule has 0 aromatic heterocycles. The second-order valence-corrected chi connectivity index (χ2v) is 3.88. The molecule has 0 aromatic rings. The summed E-state index contributed by atoms with van der Waals surface area (Å²) in [5.41, 5.74) is 2.30. The van der Waals surface area contributed by atoms with Crippen LogP contribution in [0.2, 0.25) is 0 Å². The van der Waals surface area contributed by atoms with E-state index in [0.29, 0.717) is 11.8 Å². The van der Waals surface area contributed by atoms with Crippen LogP contribution in [0.4, 0.5) is 0 Å². The van der Waals surface area contributed by atoms with E-state index in [1.807, 2.05) is 19.2 Å². The van der Waals surface area contributed by atoms with Crippen LogP contribution in [-0.4, -0.2) is 5.71 Å². The molecule has 0 aliphatic heterocycles. The summed E-state index contributed by atoms with van der Waals surface area (Å²) in [6, 6.07) is 0. The first kappa shape index (κ1) is 12.2. The molecule has 1 heteroatoms. The minimum atomic E-state index is 0.550. The maximum Gasteiger partial charge on any atom is 0.0296 e. The minimum Gasteiger partial charge on any atom is -0.265 e. The topological polar surface area (TPSA) is 12.4 Å². The van der Waals surface area contributed by atoms with Gasteiger partial charge in [0.05, 0.1) is 0 Å². The highest BCUT2D eigenvalue weighted by molar-refractivity contribution is 5.84. The lowest BCUT2D eigenvalue weighted by Crippen LogP contribution is -2.13. The second kappa shape index (κ2) is 5.74. The highest BCUT2D eigenvalue weighted by Crippen LogP contribution is 2.12. The third kappa shape index (κ3) is 4.66. The zero-order chi connectivity index (χ0) is 10.4. The summed E-state index contributed by atoms with van der Waals surface area (Å²) in [4.78, 5) is 4.40. The van der Waals surface area contributed by atoms with Crippen molar-refractivity contribution in [2.45, 2.75) is 34.6 Å². The highest BCUT2D eigenvalue weighted by Gasteiger charge is 2.08. The molecule has 0 radical (unpaired) electrons. The largest absolute Gasteiger partial charge is 0.265 e. The molecule has 0 saturated heterocycles. The number of hydrogen-bond acceptors (Lipinski definition) is 1. The molecule has 0 aliphatic carbocycles. The first-order chi connectivity index (χ1) is 5.99. The number of rotatable bonds is 4. The zero-order valence-electron chi connectivity index (χ0n) is 9.46. The van der Waals surface area contributed by atoms with Crippen molar-refractivity contribution in [1.29, 1.82) is 0 Å². The van der Waals surface area contributed by atoms with Crippen LogP contribution in [0.3, 0.4) is 0 Å². The van der Waals surface area contributed by atoms with Gasteiger partial charge in [-0.3, -0.25) is 4.99 Å². The lowest BCUT2D eigenvalue weighted by molar-refractivity contribution is 0.530. The molecule has 13 heavy (non-hydrogen) atoms. The number of allylic oxidation sites excluding steroid dienone is 2. The van der Waals surface area contributed by atoms with Crippen molar-refractivity contribution in [2.24, 2.45) is 16.8 Å². The monoisotopic (exact) mass is 179 g/mol. The van der Waals surface area contributed by atoms with E-state index in [4.69, 9.17) is 0 Å². The molecule has 0 N–H and O–H groups in total. The Morgan fingerprint density at radius 1 is 1.23 bits per heavy atom. The summed E-state index contributed by atoms with van der Waals surface area (Å²) in [5.74, 6) is 1.20. The van der Waals surface area contributed by atoms with E-state index in [2.05, 4.69) is 39.3 Å². The van der Waals surface area contributed by atoms with Crippen molar-refractivity contribution >= 4 is 5.71 Å². The quantitative estimate of drug-likeness (QED) is 0.459. The fourth-order valence-electron chi connectivity index (χ4n) is 0.856. The summed E-state index contributed by atoms with van der Waals surface area (Å²) < 4.78 is 0. The molecule has 0 aliphatic rings. The van der Waals surface area contributed by atoms with Crippen LogP contribution < -0.4 is 0 Å². The SMILES string of the molecule is C=C/C(C)=C\N=C(C)[C@H](C)C(C)C. The van der Waals surface area contributed by atoms with Crippen molar-refractivity contribution in [3.05, 3.63) is 24.4 Å². The number of hydrogen-bond donors (Lipinski definition) is 0. The zero-order valence-corrected chi connectivity index (χ0v) is 9.46.